The number of unbranched alkanes of at least 4 members (excludes halogenated alkanes) is 1. The Morgan fingerprint density at radius 2 is 1.47 bits per heavy atom. The number of aliphatic hydroxyl groups is 1. The molecular weight excluding hydrogens is 386 g/mol. The molecule has 0 saturated heterocycles. The number of hydrogen-bond donors (Lipinski definition) is 4. The van der Waals surface area contributed by atoms with E-state index in [-0.39, 0.29) is 17.8 Å². The molecule has 7 heteroatoms. The second-order valence-corrected chi connectivity index (χ2v) is 5.84. The summed E-state index contributed by atoms with van der Waals surface area (Å²) in [4.78, 5) is 29.6. The second-order valence-electron chi connectivity index (χ2n) is 5.84. The molecule has 1 aromatic carbocycles. The van der Waals surface area contributed by atoms with Crippen molar-refractivity contribution < 1.29 is 29.7 Å². The first-order valence-electron chi connectivity index (χ1n) is 9.00. The maximum atomic E-state index is 10.1. The summed E-state index contributed by atoms with van der Waals surface area (Å²) in [5, 5.41) is 24.3. The number of nitrogens with two attached hydrogens (primary N) is 1. The summed E-state index contributed by atoms with van der Waals surface area (Å²) in [5.41, 5.74) is 6.36. The van der Waals surface area contributed by atoms with Crippen LogP contribution in [0.5, 0.6) is 0 Å². The van der Waals surface area contributed by atoms with E-state index in [1.54, 1.807) is 0 Å². The van der Waals surface area contributed by atoms with Crippen LogP contribution in [0.2, 0.25) is 0 Å². The molecule has 0 bridgehead atoms. The highest BCUT2D eigenvalue weighted by Crippen LogP contribution is 2.03. The predicted molar refractivity (Wildman–Crippen MR) is 121 cm³/mol. The Kier molecular flexibility index (Phi) is 21.1. The molecule has 1 rings (SSSR count). The Balaban J connectivity index is -0.000000328. The highest BCUT2D eigenvalue weighted by molar-refractivity contribution is 5.91. The Morgan fingerprint density at radius 3 is 1.67 bits per heavy atom. The number of rotatable bonds is 8. The SMILES string of the molecule is C=C(C)C(=O)O.C=C(CCCC)C(=O)O.C=C(CO)C(N)=O.C=Cc1ccccc1. The molecular formula is C23H33NO6. The van der Waals surface area contributed by atoms with Gasteiger partial charge in [0.2, 0.25) is 5.91 Å². The summed E-state index contributed by atoms with van der Waals surface area (Å²) < 4.78 is 0. The van der Waals surface area contributed by atoms with Crippen LogP contribution in [0.1, 0.15) is 38.7 Å². The fourth-order valence-corrected chi connectivity index (χ4v) is 1.16. The molecule has 0 radical (unpaired) electrons. The predicted octanol–water partition coefficient (Wildman–Crippen LogP) is 3.81. The average molecular weight is 420 g/mol. The van der Waals surface area contributed by atoms with E-state index in [4.69, 9.17) is 15.3 Å². The molecule has 166 valence electrons. The zero-order valence-electron chi connectivity index (χ0n) is 17.8. The van der Waals surface area contributed by atoms with E-state index in [0.717, 1.165) is 12.8 Å². The zero-order valence-corrected chi connectivity index (χ0v) is 17.8. The van der Waals surface area contributed by atoms with Crippen molar-refractivity contribution in [3.05, 3.63) is 78.9 Å². The summed E-state index contributed by atoms with van der Waals surface area (Å²) in [7, 11) is 0. The van der Waals surface area contributed by atoms with Gasteiger partial charge in [0.05, 0.1) is 6.61 Å². The Morgan fingerprint density at radius 1 is 1.00 bits per heavy atom. The third kappa shape index (κ3) is 22.6. The van der Waals surface area contributed by atoms with Gasteiger partial charge in [-0.2, -0.15) is 0 Å². The molecule has 0 aliphatic rings. The Bertz CT molecular complexity index is 696. The van der Waals surface area contributed by atoms with Gasteiger partial charge in [0.1, 0.15) is 0 Å². The minimum absolute atomic E-state index is 0.0417. The van der Waals surface area contributed by atoms with Crippen LogP contribution in [-0.2, 0) is 14.4 Å². The molecule has 0 fully saturated rings. The molecule has 0 saturated carbocycles. The topological polar surface area (TPSA) is 138 Å². The van der Waals surface area contributed by atoms with Gasteiger partial charge in [-0.05, 0) is 25.3 Å². The summed E-state index contributed by atoms with van der Waals surface area (Å²) in [6, 6.07) is 10.0. The molecule has 1 amide bonds. The zero-order chi connectivity index (χ0) is 24.1. The number of carbonyl (C=O) groups excluding carboxylic acids is 1. The molecule has 1 aromatic rings. The van der Waals surface area contributed by atoms with Crippen molar-refractivity contribution in [1.29, 1.82) is 0 Å². The van der Waals surface area contributed by atoms with E-state index in [0.29, 0.717) is 12.0 Å². The van der Waals surface area contributed by atoms with Gasteiger partial charge in [0, 0.05) is 16.7 Å². The fourth-order valence-electron chi connectivity index (χ4n) is 1.16. The van der Waals surface area contributed by atoms with Gasteiger partial charge in [-0.15, -0.1) is 0 Å². The number of aliphatic carboxylic acids is 2. The van der Waals surface area contributed by atoms with Gasteiger partial charge < -0.3 is 21.1 Å². The highest BCUT2D eigenvalue weighted by atomic mass is 16.4. The molecule has 0 aliphatic carbocycles. The molecule has 0 aromatic heterocycles. The van der Waals surface area contributed by atoms with Crippen molar-refractivity contribution in [2.24, 2.45) is 5.73 Å². The average Bonchev–Trinajstić information content (AvgIpc) is 2.72. The Labute approximate surface area is 178 Å². The lowest BCUT2D eigenvalue weighted by atomic mass is 10.1. The molecule has 0 aliphatic heterocycles. The van der Waals surface area contributed by atoms with E-state index in [2.05, 4.69) is 32.0 Å². The van der Waals surface area contributed by atoms with Crippen LogP contribution in [-0.4, -0.2) is 39.8 Å². The number of carboxylic acid groups (broad SMARTS) is 2. The Hall–Kier alpha value is -3.45. The van der Waals surface area contributed by atoms with Crippen molar-refractivity contribution >= 4 is 23.9 Å². The van der Waals surface area contributed by atoms with Gasteiger partial charge in [-0.3, -0.25) is 4.79 Å². The summed E-state index contributed by atoms with van der Waals surface area (Å²) in [6.07, 6.45) is 4.39. The number of primary amides is 1. The van der Waals surface area contributed by atoms with Gasteiger partial charge in [0.25, 0.3) is 0 Å². The van der Waals surface area contributed by atoms with Crippen LogP contribution >= 0.6 is 0 Å². The summed E-state index contributed by atoms with van der Waals surface area (Å²) in [5.74, 6) is -2.46. The number of benzene rings is 1. The van der Waals surface area contributed by atoms with Gasteiger partial charge in [0.15, 0.2) is 0 Å². The van der Waals surface area contributed by atoms with Crippen LogP contribution in [0.3, 0.4) is 0 Å². The molecule has 0 atom stereocenters. The number of amides is 1. The number of carbonyl (C=O) groups is 3. The second kappa shape index (κ2) is 20.3. The summed E-state index contributed by atoms with van der Waals surface area (Å²) >= 11 is 0. The lowest BCUT2D eigenvalue weighted by molar-refractivity contribution is -0.133. The van der Waals surface area contributed by atoms with Crippen LogP contribution in [0, 0.1) is 0 Å². The smallest absolute Gasteiger partial charge is 0.330 e. The first kappa shape index (κ1) is 31.3. The van der Waals surface area contributed by atoms with Gasteiger partial charge in [-0.1, -0.05) is 76.1 Å². The first-order chi connectivity index (χ1) is 13.9. The van der Waals surface area contributed by atoms with Crippen LogP contribution < -0.4 is 5.73 Å². The maximum absolute atomic E-state index is 10.1. The molecule has 5 N–H and O–H groups in total. The fraction of sp³-hybridized carbons (Fsp3) is 0.261. The molecule has 0 heterocycles. The van der Waals surface area contributed by atoms with E-state index in [9.17, 15) is 14.4 Å². The third-order valence-corrected chi connectivity index (χ3v) is 3.07. The quantitative estimate of drug-likeness (QED) is 0.473. The minimum atomic E-state index is -0.935. The highest BCUT2D eigenvalue weighted by Gasteiger charge is 2.00. The van der Waals surface area contributed by atoms with Crippen molar-refractivity contribution in [3.63, 3.8) is 0 Å². The van der Waals surface area contributed by atoms with Crippen molar-refractivity contribution in [3.8, 4) is 0 Å². The summed E-state index contributed by atoms with van der Waals surface area (Å²) in [6.45, 7) is 16.4. The molecule has 0 spiro atoms. The minimum Gasteiger partial charge on any atom is -0.478 e. The van der Waals surface area contributed by atoms with Crippen molar-refractivity contribution in [2.75, 3.05) is 6.61 Å². The molecule has 30 heavy (non-hydrogen) atoms. The largest absolute Gasteiger partial charge is 0.478 e. The normalized spacial score (nSPS) is 8.37. The number of carboxylic acids is 2. The van der Waals surface area contributed by atoms with Crippen molar-refractivity contribution in [1.82, 2.24) is 0 Å². The lowest BCUT2D eigenvalue weighted by Crippen LogP contribution is -2.14. The van der Waals surface area contributed by atoms with Crippen LogP contribution in [0.25, 0.3) is 6.08 Å². The number of aliphatic hydroxyl groups excluding tert-OH is 1. The van der Waals surface area contributed by atoms with E-state index < -0.39 is 17.8 Å². The maximum Gasteiger partial charge on any atom is 0.330 e. The van der Waals surface area contributed by atoms with E-state index >= 15 is 0 Å². The van der Waals surface area contributed by atoms with Crippen LogP contribution in [0.4, 0.5) is 0 Å². The molecule has 0 unspecified atom stereocenters. The van der Waals surface area contributed by atoms with Gasteiger partial charge in [-0.25, -0.2) is 9.59 Å². The number of hydrogen-bond acceptors (Lipinski definition) is 4. The first-order valence-corrected chi connectivity index (χ1v) is 9.00. The standard InChI is InChI=1S/C8H8.C7H12O2.C4H7NO2.C4H6O2/c1-2-8-6-4-3-5-7-8;1-3-4-5-6(2)7(8)9;1-3(2-6)4(5)7;1-3(2)4(5)6/h2-7H,1H2;2-5H2,1H3,(H,8,9);6H,1-2H2,(H2,5,7);1H2,2H3,(H,5,6). The monoisotopic (exact) mass is 419 g/mol. The van der Waals surface area contributed by atoms with E-state index in [1.807, 2.05) is 43.3 Å². The lowest BCUT2D eigenvalue weighted by Gasteiger charge is -1.95. The van der Waals surface area contributed by atoms with E-state index in [1.165, 1.54) is 12.5 Å². The molecule has 7 nitrogen and oxygen atoms in total. The van der Waals surface area contributed by atoms with Crippen molar-refractivity contribution in [2.45, 2.75) is 33.1 Å². The van der Waals surface area contributed by atoms with Gasteiger partial charge >= 0.3 is 11.9 Å². The third-order valence-electron chi connectivity index (χ3n) is 3.07. The van der Waals surface area contributed by atoms with Crippen LogP contribution in [0.15, 0.2) is 73.4 Å².